The zero-order valence-corrected chi connectivity index (χ0v) is 25.9. The molecule has 2 aliphatic rings. The molecule has 0 aromatic heterocycles. The van der Waals surface area contributed by atoms with E-state index in [0.717, 1.165) is 31.3 Å². The second kappa shape index (κ2) is 11.6. The van der Waals surface area contributed by atoms with Gasteiger partial charge in [0.05, 0.1) is 35.1 Å². The van der Waals surface area contributed by atoms with Crippen molar-refractivity contribution in [2.24, 2.45) is 0 Å². The maximum absolute atomic E-state index is 10.5. The lowest BCUT2D eigenvalue weighted by Crippen LogP contribution is -2.69. The Kier molecular flexibility index (Phi) is 10.5. The highest BCUT2D eigenvalue weighted by Crippen LogP contribution is 2.59. The van der Waals surface area contributed by atoms with Gasteiger partial charge in [0, 0.05) is 8.96 Å². The number of hydrogen-bond acceptors (Lipinski definition) is 4. The van der Waals surface area contributed by atoms with Gasteiger partial charge in [0.15, 0.2) is 11.2 Å². The van der Waals surface area contributed by atoms with Crippen LogP contribution in [0.4, 0.5) is 0 Å². The molecule has 6 unspecified atom stereocenters. The third-order valence-electron chi connectivity index (χ3n) is 6.25. The molecule has 2 aliphatic carbocycles. The van der Waals surface area contributed by atoms with Gasteiger partial charge in [-0.2, -0.15) is 0 Å². The van der Waals surface area contributed by atoms with Gasteiger partial charge in [0.2, 0.25) is 0 Å². The maximum Gasteiger partial charge on any atom is 0.151 e. The predicted molar refractivity (Wildman–Crippen MR) is 146 cm³/mol. The first-order valence-corrected chi connectivity index (χ1v) is 14.3. The first-order chi connectivity index (χ1) is 14.9. The zero-order chi connectivity index (χ0) is 24.4. The van der Waals surface area contributed by atoms with Gasteiger partial charge in [-0.1, -0.05) is 101 Å². The molecule has 32 heavy (non-hydrogen) atoms. The minimum absolute atomic E-state index is 0.136. The lowest BCUT2D eigenvalue weighted by molar-refractivity contribution is -0.180. The summed E-state index contributed by atoms with van der Waals surface area (Å²) in [5.41, 5.74) is 2.08. The third-order valence-corrected chi connectivity index (χ3v) is 11.4. The Morgan fingerprint density at radius 3 is 1.38 bits per heavy atom. The van der Waals surface area contributed by atoms with Gasteiger partial charge in [0.1, 0.15) is 0 Å². The van der Waals surface area contributed by atoms with Crippen LogP contribution in [-0.4, -0.2) is 56.5 Å². The van der Waals surface area contributed by atoms with Crippen LogP contribution in [0.3, 0.4) is 0 Å². The van der Waals surface area contributed by atoms with E-state index >= 15 is 0 Å². The van der Waals surface area contributed by atoms with Crippen LogP contribution in [0.15, 0.2) is 43.4 Å². The molecule has 4 nitrogen and oxygen atoms in total. The van der Waals surface area contributed by atoms with Crippen molar-refractivity contribution in [2.45, 2.75) is 87.4 Å². The van der Waals surface area contributed by atoms with Crippen LogP contribution in [-0.2, 0) is 9.47 Å². The van der Waals surface area contributed by atoms with Crippen LogP contribution >= 0.6 is 63.7 Å². The summed E-state index contributed by atoms with van der Waals surface area (Å²) >= 11 is 15.6. The highest BCUT2D eigenvalue weighted by Gasteiger charge is 2.67. The van der Waals surface area contributed by atoms with E-state index in [-0.39, 0.29) is 22.9 Å². The molecule has 0 radical (unpaired) electrons. The summed E-state index contributed by atoms with van der Waals surface area (Å²) in [5.74, 6) is 0. The number of hydrogen-bond donors (Lipinski definition) is 2. The number of alkyl halides is 2. The number of rotatable bonds is 9. The van der Waals surface area contributed by atoms with Crippen LogP contribution in [0.1, 0.15) is 54.4 Å². The minimum atomic E-state index is -1.07. The Balaban J connectivity index is 2.88. The normalized spacial score (nSPS) is 33.2. The van der Waals surface area contributed by atoms with Crippen molar-refractivity contribution in [3.05, 3.63) is 43.4 Å². The summed E-state index contributed by atoms with van der Waals surface area (Å²) in [4.78, 5) is -0.524. The van der Waals surface area contributed by atoms with Crippen molar-refractivity contribution < 1.29 is 19.7 Å². The second-order valence-corrected chi connectivity index (χ2v) is 12.1. The minimum Gasteiger partial charge on any atom is -0.391 e. The van der Waals surface area contributed by atoms with Gasteiger partial charge < -0.3 is 19.7 Å². The molecule has 8 heteroatoms. The van der Waals surface area contributed by atoms with E-state index in [9.17, 15) is 10.2 Å². The van der Waals surface area contributed by atoms with Crippen LogP contribution in [0.2, 0.25) is 0 Å². The monoisotopic (exact) mass is 702 g/mol. The van der Waals surface area contributed by atoms with E-state index in [2.05, 4.69) is 89.7 Å². The molecule has 0 spiro atoms. The smallest absolute Gasteiger partial charge is 0.151 e. The van der Waals surface area contributed by atoms with Crippen molar-refractivity contribution >= 4 is 63.7 Å². The Hall–Kier alpha value is 0.720. The van der Waals surface area contributed by atoms with Crippen LogP contribution in [0.5, 0.6) is 0 Å². The Morgan fingerprint density at radius 2 is 1.09 bits per heavy atom. The first kappa shape index (κ1) is 29.0. The Bertz CT molecular complexity index is 766. The summed E-state index contributed by atoms with van der Waals surface area (Å²) in [6.07, 6.45) is 4.16. The molecule has 182 valence electrons. The standard InChI is InChI=1S/C24H34Br4O4/c1-7-17(29)11-31-23(19(25)13(3)9-14(4)20(23)26)24(32-12-18(30)8-2)21(27)15(5)10-16(6)22(24)28/h9-10,17-19,21,29-30H,7-8,11-12H2,1-6H3. The predicted octanol–water partition coefficient (Wildman–Crippen LogP) is 6.82. The van der Waals surface area contributed by atoms with Crippen molar-refractivity contribution in [1.29, 1.82) is 0 Å². The molecule has 0 fully saturated rings. The Morgan fingerprint density at radius 1 is 0.781 bits per heavy atom. The van der Waals surface area contributed by atoms with E-state index in [4.69, 9.17) is 9.47 Å². The van der Waals surface area contributed by atoms with Gasteiger partial charge in [-0.3, -0.25) is 0 Å². The second-order valence-electron chi connectivity index (χ2n) is 8.71. The fourth-order valence-corrected chi connectivity index (χ4v) is 8.07. The Labute approximate surface area is 226 Å². The fraction of sp³-hybridized carbons (Fsp3) is 0.667. The molecule has 0 aromatic carbocycles. The van der Waals surface area contributed by atoms with Crippen molar-refractivity contribution in [3.63, 3.8) is 0 Å². The lowest BCUT2D eigenvalue weighted by atomic mass is 9.68. The van der Waals surface area contributed by atoms with Gasteiger partial charge >= 0.3 is 0 Å². The molecular formula is C24H34Br4O4. The van der Waals surface area contributed by atoms with E-state index in [1.165, 1.54) is 0 Å². The van der Waals surface area contributed by atoms with Crippen LogP contribution < -0.4 is 0 Å². The topological polar surface area (TPSA) is 58.9 Å². The highest BCUT2D eigenvalue weighted by atomic mass is 79.9. The molecule has 0 amide bonds. The largest absolute Gasteiger partial charge is 0.391 e. The van der Waals surface area contributed by atoms with Crippen molar-refractivity contribution in [2.75, 3.05) is 13.2 Å². The molecule has 2 N–H and O–H groups in total. The van der Waals surface area contributed by atoms with Gasteiger partial charge in [-0.05, 0) is 51.7 Å². The summed E-state index contributed by atoms with van der Waals surface area (Å²) in [7, 11) is 0. The number of ether oxygens (including phenoxy) is 2. The first-order valence-electron chi connectivity index (χ1n) is 10.9. The van der Waals surface area contributed by atoms with E-state index in [1.807, 2.05) is 27.7 Å². The summed E-state index contributed by atoms with van der Waals surface area (Å²) in [6.45, 7) is 12.3. The maximum atomic E-state index is 10.5. The average molecular weight is 706 g/mol. The van der Waals surface area contributed by atoms with Crippen LogP contribution in [0.25, 0.3) is 0 Å². The summed E-state index contributed by atoms with van der Waals surface area (Å²) in [6, 6.07) is 0. The number of allylic oxidation sites excluding steroid dienone is 4. The SMILES string of the molecule is CCC(O)COC1(C2(OCC(O)CC)C(Br)=C(C)C=C(C)C2Br)C(Br)=C(C)C=C(C)C1Br. The number of halogens is 4. The van der Waals surface area contributed by atoms with Gasteiger partial charge in [0.25, 0.3) is 0 Å². The molecule has 0 heterocycles. The average Bonchev–Trinajstić information content (AvgIpc) is 2.77. The highest BCUT2D eigenvalue weighted by molar-refractivity contribution is 9.12. The molecule has 0 aliphatic heterocycles. The molecular weight excluding hydrogens is 672 g/mol. The quantitative estimate of drug-likeness (QED) is 0.259. The summed E-state index contributed by atoms with van der Waals surface area (Å²) in [5, 5.41) is 20.9. The molecule has 6 atom stereocenters. The molecule has 0 bridgehead atoms. The van der Waals surface area contributed by atoms with Crippen LogP contribution in [0, 0.1) is 0 Å². The number of aliphatic hydroxyl groups excluding tert-OH is 2. The van der Waals surface area contributed by atoms with E-state index in [1.54, 1.807) is 0 Å². The fourth-order valence-electron chi connectivity index (χ4n) is 4.29. The van der Waals surface area contributed by atoms with Crippen molar-refractivity contribution in [3.8, 4) is 0 Å². The molecule has 0 saturated heterocycles. The third kappa shape index (κ3) is 4.99. The summed E-state index contributed by atoms with van der Waals surface area (Å²) < 4.78 is 15.2. The number of aliphatic hydroxyl groups is 2. The van der Waals surface area contributed by atoms with Gasteiger partial charge in [-0.25, -0.2) is 0 Å². The van der Waals surface area contributed by atoms with E-state index in [0.29, 0.717) is 12.8 Å². The van der Waals surface area contributed by atoms with Crippen molar-refractivity contribution in [1.82, 2.24) is 0 Å². The molecule has 0 aromatic rings. The lowest BCUT2D eigenvalue weighted by Gasteiger charge is -2.57. The zero-order valence-electron chi connectivity index (χ0n) is 19.5. The molecule has 2 rings (SSSR count). The van der Waals surface area contributed by atoms with E-state index < -0.39 is 23.4 Å². The van der Waals surface area contributed by atoms with Gasteiger partial charge in [-0.15, -0.1) is 0 Å². The molecule has 0 saturated carbocycles.